The van der Waals surface area contributed by atoms with Crippen molar-refractivity contribution in [1.29, 1.82) is 0 Å². The van der Waals surface area contributed by atoms with Crippen molar-refractivity contribution in [2.75, 3.05) is 26.4 Å². The number of thiazole rings is 2. The lowest BCUT2D eigenvalue weighted by Gasteiger charge is -2.29. The van der Waals surface area contributed by atoms with Crippen LogP contribution in [0.2, 0.25) is 0 Å². The topological polar surface area (TPSA) is 151 Å². The summed E-state index contributed by atoms with van der Waals surface area (Å²) in [6.45, 7) is 31.3. The van der Waals surface area contributed by atoms with Gasteiger partial charge in [-0.05, 0) is 186 Å². The monoisotopic (exact) mass is 1550 g/mol. The maximum atomic E-state index is 14.7. The van der Waals surface area contributed by atoms with Crippen LogP contribution in [0.4, 0.5) is 0 Å². The van der Waals surface area contributed by atoms with Crippen molar-refractivity contribution in [3.63, 3.8) is 0 Å². The fraction of sp³-hybridized carbons (Fsp3) is 0.286. The van der Waals surface area contributed by atoms with E-state index < -0.39 is 11.9 Å². The number of carbonyl (C=O) groups is 2. The van der Waals surface area contributed by atoms with Crippen LogP contribution in [0.5, 0.6) is 34.5 Å². The minimum Gasteiger partial charge on any atom is -0.493 e. The second-order valence-corrected chi connectivity index (χ2v) is 35.8. The number of nitrogens with zero attached hydrogens (tertiary/aromatic N) is 6. The molecular weight excluding hydrogens is 1450 g/mol. The standard InChI is InChI=1S/C98H98N6O8S2/c1-15-43-107-89-65-45-69-53-75(97(9,10)11)55-71(91(69)109-59-87(105)111-77-39-35-63(36-40-77)83-57-81(61-27-19-17-20-28-61)101-103(83)93-99-79-31-23-25-33-85(79)113-93)47-67-51-74(96(6,7)8)52-68(90(67)108-44-16-2)48-72-56-76(98(12,13)14)54-70(46-66(89)50-73(49-65)95(3,4)5)92(72)110-60-88(106)112-78-41-37-64(38-42-78)84-58-82(62-29-21-18-22-30-62)102-104(84)94-100-80-32-24-26-34-86(80)114-94/h17-42,49-58H,15-16,43-48,59-60H2,1-14H3. The Morgan fingerprint density at radius 1 is 0.351 bits per heavy atom. The van der Waals surface area contributed by atoms with Crippen molar-refractivity contribution >= 4 is 55.0 Å². The summed E-state index contributed by atoms with van der Waals surface area (Å²) >= 11 is 3.16. The first kappa shape index (κ1) is 77.8. The van der Waals surface area contributed by atoms with Gasteiger partial charge in [0.15, 0.2) is 13.2 Å². The molecule has 0 aliphatic heterocycles. The second-order valence-electron chi connectivity index (χ2n) is 33.8. The Labute approximate surface area is 676 Å². The van der Waals surface area contributed by atoms with Crippen molar-refractivity contribution in [3.05, 3.63) is 285 Å². The highest BCUT2D eigenvalue weighted by Crippen LogP contribution is 2.46. The molecule has 0 saturated heterocycles. The van der Waals surface area contributed by atoms with Gasteiger partial charge in [0.2, 0.25) is 10.3 Å². The van der Waals surface area contributed by atoms with E-state index in [1.54, 1.807) is 22.7 Å². The minimum absolute atomic E-state index is 0.317. The van der Waals surface area contributed by atoms with Gasteiger partial charge in [-0.25, -0.2) is 28.9 Å². The maximum Gasteiger partial charge on any atom is 0.349 e. The van der Waals surface area contributed by atoms with Crippen LogP contribution >= 0.6 is 22.7 Å². The summed E-state index contributed by atoms with van der Waals surface area (Å²) in [4.78, 5) is 39.4. The number of hydrogen-bond donors (Lipinski definition) is 0. The molecule has 4 heterocycles. The van der Waals surface area contributed by atoms with Crippen molar-refractivity contribution in [1.82, 2.24) is 29.5 Å². The third kappa shape index (κ3) is 17.2. The zero-order valence-electron chi connectivity index (χ0n) is 67.6. The molecule has 1 aliphatic rings. The Morgan fingerprint density at radius 2 is 0.640 bits per heavy atom. The van der Waals surface area contributed by atoms with Gasteiger partial charge in [0.25, 0.3) is 0 Å². The minimum atomic E-state index is -0.559. The number of para-hydroxylation sites is 2. The fourth-order valence-electron chi connectivity index (χ4n) is 14.6. The third-order valence-electron chi connectivity index (χ3n) is 20.8. The summed E-state index contributed by atoms with van der Waals surface area (Å²) in [7, 11) is 0. The molecule has 0 unspecified atom stereocenters. The lowest BCUT2D eigenvalue weighted by Crippen LogP contribution is -2.21. The van der Waals surface area contributed by atoms with Gasteiger partial charge in [-0.15, -0.1) is 0 Å². The number of ether oxygens (including phenoxy) is 6. The Kier molecular flexibility index (Phi) is 22.0. The quantitative estimate of drug-likeness (QED) is 0.0528. The molecule has 0 saturated carbocycles. The molecule has 0 N–H and O–H groups in total. The molecule has 0 atom stereocenters. The molecular formula is C98H98N6O8S2. The number of benzene rings is 10. The first-order valence-electron chi connectivity index (χ1n) is 39.5. The normalized spacial score (nSPS) is 12.6. The largest absolute Gasteiger partial charge is 0.493 e. The number of aromatic nitrogens is 6. The molecule has 114 heavy (non-hydrogen) atoms. The van der Waals surface area contributed by atoms with E-state index in [0.717, 1.165) is 167 Å². The lowest BCUT2D eigenvalue weighted by molar-refractivity contribution is -0.137. The van der Waals surface area contributed by atoms with E-state index in [0.29, 0.717) is 61.9 Å². The predicted octanol–water partition coefficient (Wildman–Crippen LogP) is 23.4. The maximum absolute atomic E-state index is 14.7. The predicted molar refractivity (Wildman–Crippen MR) is 461 cm³/mol. The first-order valence-corrected chi connectivity index (χ1v) is 41.1. The van der Waals surface area contributed by atoms with Gasteiger partial charge in [0, 0.05) is 47.9 Å². The summed E-state index contributed by atoms with van der Waals surface area (Å²) < 4.78 is 47.0. The molecule has 15 rings (SSSR count). The zero-order valence-corrected chi connectivity index (χ0v) is 69.3. The Balaban J connectivity index is 0.803. The van der Waals surface area contributed by atoms with Crippen LogP contribution in [-0.2, 0) is 56.9 Å². The van der Waals surface area contributed by atoms with E-state index in [2.05, 4.69) is 194 Å². The summed E-state index contributed by atoms with van der Waals surface area (Å²) in [5.74, 6) is 2.34. The molecule has 0 spiro atoms. The van der Waals surface area contributed by atoms with Crippen molar-refractivity contribution in [3.8, 4) is 89.8 Å². The van der Waals surface area contributed by atoms with Crippen LogP contribution in [0.15, 0.2) is 218 Å². The van der Waals surface area contributed by atoms with E-state index >= 15 is 0 Å². The molecule has 16 heteroatoms. The van der Waals surface area contributed by atoms with E-state index in [4.69, 9.17) is 48.6 Å². The number of carbonyl (C=O) groups excluding carboxylic acids is 2. The fourth-order valence-corrected chi connectivity index (χ4v) is 16.5. The van der Waals surface area contributed by atoms with E-state index in [1.165, 1.54) is 0 Å². The molecule has 0 amide bonds. The van der Waals surface area contributed by atoms with Crippen LogP contribution in [-0.4, -0.2) is 67.9 Å². The van der Waals surface area contributed by atoms with Gasteiger partial charge in [-0.2, -0.15) is 10.2 Å². The molecule has 14 nitrogen and oxygen atoms in total. The highest BCUT2D eigenvalue weighted by atomic mass is 32.1. The average Bonchev–Trinajstić information content (AvgIpc) is 1.58. The lowest BCUT2D eigenvalue weighted by atomic mass is 9.79. The average molecular weight is 1550 g/mol. The van der Waals surface area contributed by atoms with E-state index in [-0.39, 0.29) is 34.9 Å². The summed E-state index contributed by atoms with van der Waals surface area (Å²) in [5, 5.41) is 11.7. The molecule has 580 valence electrons. The first-order chi connectivity index (χ1) is 54.7. The zero-order chi connectivity index (χ0) is 79.8. The third-order valence-corrected chi connectivity index (χ3v) is 22.8. The molecule has 0 fully saturated rings. The van der Waals surface area contributed by atoms with Crippen LogP contribution in [0.3, 0.4) is 0 Å². The van der Waals surface area contributed by atoms with Gasteiger partial charge in [0.1, 0.15) is 34.5 Å². The van der Waals surface area contributed by atoms with Gasteiger partial charge in [-0.1, -0.05) is 253 Å². The van der Waals surface area contributed by atoms with Crippen molar-refractivity contribution in [2.45, 2.75) is 157 Å². The number of fused-ring (bicyclic) bond motifs is 10. The van der Waals surface area contributed by atoms with Gasteiger partial charge in [-0.3, -0.25) is 0 Å². The Bertz CT molecular complexity index is 5340. The summed E-state index contributed by atoms with van der Waals surface area (Å²) in [5.41, 5.74) is 19.4. The van der Waals surface area contributed by atoms with Crippen LogP contribution in [0.25, 0.3) is 75.7 Å². The molecule has 4 aromatic heterocycles. The van der Waals surface area contributed by atoms with Gasteiger partial charge < -0.3 is 28.4 Å². The van der Waals surface area contributed by atoms with Crippen molar-refractivity contribution in [2.24, 2.45) is 0 Å². The molecule has 0 radical (unpaired) electrons. The SMILES string of the molecule is CCCOc1c2cc(C(C)(C)C)cc1Cc1cc(C(C)(C)C)cc(c1OCC(=O)Oc1ccc(-c3cc(-c4ccccc4)nn3-c3nc4ccccc4s3)cc1)Cc1cc(C(C)(C)C)cc(c1OCCC)Cc1cc(C(C)(C)C)cc(c1OCC(=O)Oc1ccc(-c3cc(-c4ccccc4)nn3-c3nc4ccccc4s3)cc1)C2. The van der Waals surface area contributed by atoms with Gasteiger partial charge >= 0.3 is 11.9 Å². The van der Waals surface area contributed by atoms with Crippen LogP contribution < -0.4 is 28.4 Å². The smallest absolute Gasteiger partial charge is 0.349 e. The molecule has 10 aromatic carbocycles. The Hall–Kier alpha value is -11.5. The van der Waals surface area contributed by atoms with Crippen LogP contribution in [0.1, 0.15) is 177 Å². The number of rotatable bonds is 20. The highest BCUT2D eigenvalue weighted by molar-refractivity contribution is 7.21. The van der Waals surface area contributed by atoms with E-state index in [9.17, 15) is 9.59 Å². The molecule has 1 aliphatic carbocycles. The van der Waals surface area contributed by atoms with Crippen LogP contribution in [0, 0.1) is 0 Å². The number of hydrogen-bond acceptors (Lipinski definition) is 14. The van der Waals surface area contributed by atoms with Crippen molar-refractivity contribution < 1.29 is 38.0 Å². The van der Waals surface area contributed by atoms with Gasteiger partial charge in [0.05, 0.1) is 56.4 Å². The summed E-state index contributed by atoms with van der Waals surface area (Å²) in [6, 6.07) is 73.9. The second kappa shape index (κ2) is 32.2. The molecule has 14 aromatic rings. The van der Waals surface area contributed by atoms with E-state index in [1.807, 2.05) is 131 Å². The number of esters is 2. The Morgan fingerprint density at radius 3 is 0.930 bits per heavy atom. The summed E-state index contributed by atoms with van der Waals surface area (Å²) in [6.07, 6.45) is 3.06. The highest BCUT2D eigenvalue weighted by Gasteiger charge is 2.32. The molecule has 8 bridgehead atoms.